The Bertz CT molecular complexity index is 619. The maximum absolute atomic E-state index is 6.19. The molecule has 0 amide bonds. The molecule has 1 heterocycles. The van der Waals surface area contributed by atoms with Crippen LogP contribution in [0.25, 0.3) is 11.1 Å². The van der Waals surface area contributed by atoms with Gasteiger partial charge in [0.05, 0.1) is 12.2 Å². The van der Waals surface area contributed by atoms with Crippen LogP contribution in [0.2, 0.25) is 0 Å². The van der Waals surface area contributed by atoms with E-state index in [1.807, 2.05) is 18.2 Å². The van der Waals surface area contributed by atoms with Crippen molar-refractivity contribution in [3.63, 3.8) is 0 Å². The monoisotopic (exact) mass is 380 g/mol. The second-order valence-electron chi connectivity index (χ2n) is 5.76. The molecule has 3 rings (SSSR count). The molecule has 0 saturated carbocycles. The number of hydrogen-bond acceptors (Lipinski definition) is 2. The third-order valence-electron chi connectivity index (χ3n) is 3.86. The van der Waals surface area contributed by atoms with Crippen molar-refractivity contribution >= 4 is 14.5 Å². The summed E-state index contributed by atoms with van der Waals surface area (Å²) in [4.78, 5) is 0. The van der Waals surface area contributed by atoms with Crippen LogP contribution in [-0.4, -0.2) is 12.2 Å². The molecule has 1 aliphatic rings. The molecular weight excluding hydrogens is 359 g/mol. The van der Waals surface area contributed by atoms with Gasteiger partial charge >= 0.3 is 0 Å². The van der Waals surface area contributed by atoms with Gasteiger partial charge in [0.15, 0.2) is 0 Å². The average molecular weight is 380 g/mol. The van der Waals surface area contributed by atoms with Crippen molar-refractivity contribution in [3.05, 3.63) is 42.0 Å². The zero-order valence-electron chi connectivity index (χ0n) is 13.4. The molecule has 23 heavy (non-hydrogen) atoms. The Morgan fingerprint density at radius 2 is 1.39 bits per heavy atom. The number of benzene rings is 2. The Hall–Kier alpha value is 0.989. The molecule has 1 unspecified atom stereocenters. The molecule has 126 valence electrons. The summed E-state index contributed by atoms with van der Waals surface area (Å²) in [5, 5.41) is 1.13. The van der Waals surface area contributed by atoms with Gasteiger partial charge in [0.2, 0.25) is 0 Å². The van der Waals surface area contributed by atoms with Crippen molar-refractivity contribution in [2.24, 2.45) is 0 Å². The topological polar surface area (TPSA) is 18.5 Å². The molecule has 0 aliphatic carbocycles. The fourth-order valence-corrected chi connectivity index (χ4v) is 3.37. The van der Waals surface area contributed by atoms with Gasteiger partial charge in [0.1, 0.15) is 11.5 Å². The Balaban J connectivity index is 0.00000132. The van der Waals surface area contributed by atoms with Crippen LogP contribution >= 0.6 is 9.24 Å². The Labute approximate surface area is 200 Å². The standard InChI is InChI=1S/C18H21O2P.2Ar/c1-11-6-4-7-14-17(11)18-15(8-5-9-16(18)21)20-13(3)10-12(2)19-14;;/h4-9,12-13H,10,21H2,1-3H3;;/t12-,13-;;/m0../s1. The molecule has 0 aromatic heterocycles. The zero-order chi connectivity index (χ0) is 15.0. The van der Waals surface area contributed by atoms with Crippen molar-refractivity contribution in [2.45, 2.75) is 39.4 Å². The first kappa shape index (κ1) is 22.0. The zero-order valence-corrected chi connectivity index (χ0v) is 16.0. The van der Waals surface area contributed by atoms with Gasteiger partial charge in [0, 0.05) is 93.0 Å². The van der Waals surface area contributed by atoms with Crippen molar-refractivity contribution < 1.29 is 85.0 Å². The quantitative estimate of drug-likeness (QED) is 0.641. The summed E-state index contributed by atoms with van der Waals surface area (Å²) in [5.74, 6) is 1.87. The van der Waals surface area contributed by atoms with E-state index in [4.69, 9.17) is 9.47 Å². The summed E-state index contributed by atoms with van der Waals surface area (Å²) < 4.78 is 12.4. The van der Waals surface area contributed by atoms with Crippen LogP contribution in [0.5, 0.6) is 11.5 Å². The molecule has 0 spiro atoms. The van der Waals surface area contributed by atoms with E-state index in [-0.39, 0.29) is 87.7 Å². The summed E-state index contributed by atoms with van der Waals surface area (Å²) in [5.41, 5.74) is 3.46. The molecular formula is C18H21Ar2O2P. The van der Waals surface area contributed by atoms with E-state index in [1.165, 1.54) is 5.56 Å². The first-order valence-corrected chi connectivity index (χ1v) is 7.95. The minimum atomic E-state index is 0. The number of rotatable bonds is 0. The molecule has 3 atom stereocenters. The summed E-state index contributed by atoms with van der Waals surface area (Å²) in [7, 11) is 2.81. The third-order valence-corrected chi connectivity index (χ3v) is 4.34. The SMILES string of the molecule is Cc1cccc2c1-c1c(P)cccc1O[C@@H](C)C[C@H](C)O2.[Ar].[Ar]. The first-order chi connectivity index (χ1) is 10.1. The normalized spacial score (nSPS) is 19.1. The molecule has 0 N–H and O–H groups in total. The van der Waals surface area contributed by atoms with Crippen molar-refractivity contribution in [1.82, 2.24) is 0 Å². The third kappa shape index (κ3) is 5.00. The molecule has 0 saturated heterocycles. The minimum Gasteiger partial charge on any atom is -0.490 e. The molecule has 0 bridgehead atoms. The molecule has 1 aliphatic heterocycles. The van der Waals surface area contributed by atoms with E-state index in [0.29, 0.717) is 0 Å². The van der Waals surface area contributed by atoms with E-state index in [1.54, 1.807) is 0 Å². The van der Waals surface area contributed by atoms with Gasteiger partial charge < -0.3 is 9.47 Å². The van der Waals surface area contributed by atoms with E-state index in [0.717, 1.165) is 34.4 Å². The van der Waals surface area contributed by atoms with Crippen LogP contribution in [-0.2, 0) is 0 Å². The van der Waals surface area contributed by atoms with Crippen LogP contribution in [0, 0.1) is 82.4 Å². The average Bonchev–Trinajstić information content (AvgIpc) is 2.45. The number of ether oxygens (including phenoxy) is 2. The van der Waals surface area contributed by atoms with Crippen molar-refractivity contribution in [2.75, 3.05) is 0 Å². The number of hydrogen-bond donors (Lipinski definition) is 0. The van der Waals surface area contributed by atoms with Crippen molar-refractivity contribution in [3.8, 4) is 22.6 Å². The predicted octanol–water partition coefficient (Wildman–Crippen LogP) is 4.10. The maximum atomic E-state index is 6.19. The summed E-state index contributed by atoms with van der Waals surface area (Å²) >= 11 is 0. The molecule has 2 aromatic rings. The van der Waals surface area contributed by atoms with Crippen molar-refractivity contribution in [1.29, 1.82) is 0 Å². The number of fused-ring (bicyclic) bond motifs is 3. The predicted molar refractivity (Wildman–Crippen MR) is 90.8 cm³/mol. The summed E-state index contributed by atoms with van der Waals surface area (Å²) in [6, 6.07) is 12.4. The maximum Gasteiger partial charge on any atom is 0.128 e. The second-order valence-corrected chi connectivity index (χ2v) is 6.38. The smallest absolute Gasteiger partial charge is 0.128 e. The van der Waals surface area contributed by atoms with Gasteiger partial charge in [-0.1, -0.05) is 24.3 Å². The van der Waals surface area contributed by atoms with E-state index in [9.17, 15) is 0 Å². The molecule has 0 fully saturated rings. The van der Waals surface area contributed by atoms with E-state index in [2.05, 4.69) is 48.2 Å². The van der Waals surface area contributed by atoms with Crippen LogP contribution in [0.15, 0.2) is 36.4 Å². The molecule has 2 nitrogen and oxygen atoms in total. The Morgan fingerprint density at radius 3 is 2.00 bits per heavy atom. The van der Waals surface area contributed by atoms with Gasteiger partial charge in [-0.25, -0.2) is 0 Å². The van der Waals surface area contributed by atoms with Gasteiger partial charge in [-0.2, -0.15) is 0 Å². The minimum absolute atomic E-state index is 0. The van der Waals surface area contributed by atoms with Crippen LogP contribution in [0.1, 0.15) is 25.8 Å². The van der Waals surface area contributed by atoms with Crippen LogP contribution in [0.4, 0.5) is 0 Å². The molecule has 2 aromatic carbocycles. The van der Waals surface area contributed by atoms with Gasteiger partial charge in [-0.15, -0.1) is 9.24 Å². The Morgan fingerprint density at radius 1 is 0.870 bits per heavy atom. The molecule has 0 radical (unpaired) electrons. The second kappa shape index (κ2) is 9.62. The fourth-order valence-electron chi connectivity index (χ4n) is 2.97. The van der Waals surface area contributed by atoms with Gasteiger partial charge in [-0.3, -0.25) is 0 Å². The first-order valence-electron chi connectivity index (χ1n) is 7.38. The van der Waals surface area contributed by atoms with Gasteiger partial charge in [0.25, 0.3) is 0 Å². The van der Waals surface area contributed by atoms with Gasteiger partial charge in [-0.05, 0) is 43.8 Å². The van der Waals surface area contributed by atoms with E-state index >= 15 is 0 Å². The van der Waals surface area contributed by atoms with E-state index < -0.39 is 0 Å². The Kier molecular flexibility index (Phi) is 9.22. The summed E-state index contributed by atoms with van der Waals surface area (Å²) in [6.45, 7) is 6.32. The summed E-state index contributed by atoms with van der Waals surface area (Å²) in [6.07, 6.45) is 1.12. The molecule has 5 heteroatoms. The fraction of sp³-hybridized carbons (Fsp3) is 0.333. The van der Waals surface area contributed by atoms with Crippen LogP contribution in [0.3, 0.4) is 0 Å². The number of aryl methyl sites for hydroxylation is 1. The van der Waals surface area contributed by atoms with Crippen LogP contribution < -0.4 is 14.8 Å². The largest absolute Gasteiger partial charge is 0.490 e.